The molecule has 0 atom stereocenters. The zero-order valence-corrected chi connectivity index (χ0v) is 25.2. The van der Waals surface area contributed by atoms with Crippen LogP contribution in [0.25, 0.3) is 38.6 Å². The quantitative estimate of drug-likeness (QED) is 0.196. The molecule has 0 spiro atoms. The van der Waals surface area contributed by atoms with Gasteiger partial charge in [0.15, 0.2) is 0 Å². The minimum atomic E-state index is 0.0837. The third-order valence-corrected chi connectivity index (χ3v) is 9.38. The van der Waals surface area contributed by atoms with Gasteiger partial charge in [-0.3, -0.25) is 0 Å². The number of para-hydroxylation sites is 2. The van der Waals surface area contributed by atoms with Crippen LogP contribution in [0.5, 0.6) is 23.0 Å². The molecule has 0 unspecified atom stereocenters. The molecule has 2 aliphatic heterocycles. The van der Waals surface area contributed by atoms with E-state index >= 15 is 0 Å². The van der Waals surface area contributed by atoms with Gasteiger partial charge in [-0.15, -0.1) is 0 Å². The molecule has 0 radical (unpaired) electrons. The van der Waals surface area contributed by atoms with E-state index in [4.69, 9.17) is 9.47 Å². The number of ether oxygens (including phenoxy) is 2. The van der Waals surface area contributed by atoms with Gasteiger partial charge in [0, 0.05) is 21.9 Å². The summed E-state index contributed by atoms with van der Waals surface area (Å²) in [7, 11) is 0. The summed E-state index contributed by atoms with van der Waals surface area (Å²) in [5.74, 6) is 3.53. The average Bonchev–Trinajstić information content (AvgIpc) is 3.35. The zero-order chi connectivity index (χ0) is 29.7. The Morgan fingerprint density at radius 2 is 1.00 bits per heavy atom. The average molecular weight is 567 g/mol. The van der Waals surface area contributed by atoms with Crippen LogP contribution in [0.15, 0.2) is 109 Å². The van der Waals surface area contributed by atoms with Crippen molar-refractivity contribution in [3.8, 4) is 39.8 Å². The van der Waals surface area contributed by atoms with Crippen molar-refractivity contribution in [1.82, 2.24) is 4.57 Å². The fourth-order valence-electron chi connectivity index (χ4n) is 7.66. The van der Waals surface area contributed by atoms with Gasteiger partial charge >= 0.3 is 0 Å². The SMILES string of the molecule is Cc1cc(C)c2c(c1)c1cc(C)cc(C)c1n2-c1ccc(-c2cc3c4c(c2)Oc2ccccc2B4c2ccccc2O3)cc1. The minimum Gasteiger partial charge on any atom is -0.458 e. The zero-order valence-electron chi connectivity index (χ0n) is 25.2. The first-order valence-electron chi connectivity index (χ1n) is 15.3. The van der Waals surface area contributed by atoms with Crippen LogP contribution >= 0.6 is 0 Å². The molecule has 6 aromatic carbocycles. The molecule has 0 bridgehead atoms. The summed E-state index contributed by atoms with van der Waals surface area (Å²) in [6.07, 6.45) is 0. The van der Waals surface area contributed by atoms with E-state index in [1.165, 1.54) is 55.0 Å². The Balaban J connectivity index is 1.20. The first kappa shape index (κ1) is 25.3. The second-order valence-electron chi connectivity index (χ2n) is 12.4. The summed E-state index contributed by atoms with van der Waals surface area (Å²) >= 11 is 0. The van der Waals surface area contributed by atoms with Gasteiger partial charge in [0.2, 0.25) is 0 Å². The van der Waals surface area contributed by atoms with E-state index in [2.05, 4.69) is 129 Å². The van der Waals surface area contributed by atoms with Crippen molar-refractivity contribution >= 4 is 44.9 Å². The summed E-state index contributed by atoms with van der Waals surface area (Å²) in [6, 6.07) is 39.2. The van der Waals surface area contributed by atoms with E-state index in [0.29, 0.717) is 0 Å². The van der Waals surface area contributed by atoms with Crippen molar-refractivity contribution in [2.45, 2.75) is 27.7 Å². The highest BCUT2D eigenvalue weighted by Gasteiger charge is 2.40. The van der Waals surface area contributed by atoms with Crippen LogP contribution in [0.1, 0.15) is 22.3 Å². The highest BCUT2D eigenvalue weighted by molar-refractivity contribution is 6.98. The van der Waals surface area contributed by atoms with Crippen LogP contribution in [0, 0.1) is 27.7 Å². The number of rotatable bonds is 2. The van der Waals surface area contributed by atoms with Crippen molar-refractivity contribution < 1.29 is 9.47 Å². The molecule has 7 aromatic rings. The van der Waals surface area contributed by atoms with Gasteiger partial charge in [0.05, 0.1) is 11.0 Å². The Kier molecular flexibility index (Phi) is 5.26. The number of fused-ring (bicyclic) bond motifs is 7. The first-order chi connectivity index (χ1) is 21.4. The van der Waals surface area contributed by atoms with Crippen molar-refractivity contribution in [3.05, 3.63) is 131 Å². The Morgan fingerprint density at radius 3 is 1.52 bits per heavy atom. The highest BCUT2D eigenvalue weighted by atomic mass is 16.5. The lowest BCUT2D eigenvalue weighted by molar-refractivity contribution is 0.465. The van der Waals surface area contributed by atoms with Gasteiger partial charge < -0.3 is 14.0 Å². The summed E-state index contributed by atoms with van der Waals surface area (Å²) in [5, 5.41) is 2.62. The van der Waals surface area contributed by atoms with E-state index in [1.807, 2.05) is 12.1 Å². The monoisotopic (exact) mass is 567 g/mol. The smallest absolute Gasteiger partial charge is 0.260 e. The normalized spacial score (nSPS) is 12.9. The number of nitrogens with zero attached hydrogens (tertiary/aromatic N) is 1. The molecule has 3 nitrogen and oxygen atoms in total. The van der Waals surface area contributed by atoms with E-state index in [-0.39, 0.29) is 6.71 Å². The van der Waals surface area contributed by atoms with Crippen LogP contribution in [-0.2, 0) is 0 Å². The maximum atomic E-state index is 6.54. The van der Waals surface area contributed by atoms with Gasteiger partial charge in [-0.1, -0.05) is 71.8 Å². The van der Waals surface area contributed by atoms with Gasteiger partial charge in [-0.2, -0.15) is 0 Å². The van der Waals surface area contributed by atoms with Crippen molar-refractivity contribution in [3.63, 3.8) is 0 Å². The van der Waals surface area contributed by atoms with E-state index in [0.717, 1.165) is 45.3 Å². The second-order valence-corrected chi connectivity index (χ2v) is 12.4. The summed E-state index contributed by atoms with van der Waals surface area (Å²) < 4.78 is 15.5. The van der Waals surface area contributed by atoms with Crippen LogP contribution in [0.3, 0.4) is 0 Å². The molecule has 0 fully saturated rings. The van der Waals surface area contributed by atoms with Crippen LogP contribution in [0.4, 0.5) is 0 Å². The van der Waals surface area contributed by atoms with E-state index < -0.39 is 0 Å². The number of benzene rings is 6. The molecule has 1 aromatic heterocycles. The van der Waals surface area contributed by atoms with E-state index in [1.54, 1.807) is 0 Å². The summed E-state index contributed by atoms with van der Waals surface area (Å²) in [4.78, 5) is 0. The molecule has 3 heterocycles. The molecule has 9 rings (SSSR count). The molecule has 44 heavy (non-hydrogen) atoms. The number of hydrogen-bond acceptors (Lipinski definition) is 2. The van der Waals surface area contributed by atoms with Crippen LogP contribution in [-0.4, -0.2) is 11.3 Å². The molecule has 210 valence electrons. The molecule has 0 saturated carbocycles. The second kappa shape index (κ2) is 9.14. The third kappa shape index (κ3) is 3.58. The van der Waals surface area contributed by atoms with E-state index in [9.17, 15) is 0 Å². The lowest BCUT2D eigenvalue weighted by Crippen LogP contribution is -2.57. The predicted molar refractivity (Wildman–Crippen MR) is 183 cm³/mol. The molecular formula is C40H30BNO2. The fourth-order valence-corrected chi connectivity index (χ4v) is 7.66. The maximum absolute atomic E-state index is 6.54. The Morgan fingerprint density at radius 1 is 0.500 bits per heavy atom. The Hall–Kier alpha value is -5.22. The van der Waals surface area contributed by atoms with Crippen molar-refractivity contribution in [1.29, 1.82) is 0 Å². The number of aromatic nitrogens is 1. The standard InChI is InChI=1S/C40H30BNO2/c1-23-17-25(3)39-30(19-23)31-20-24(2)18-26(4)40(31)42(39)29-15-13-27(14-16-29)28-21-36-38-37(22-28)44-35-12-8-6-10-33(35)41(38)32-9-5-7-11-34(32)43-36/h5-22H,1-4H3. The number of hydrogen-bond donors (Lipinski definition) is 0. The molecule has 0 saturated heterocycles. The third-order valence-electron chi connectivity index (χ3n) is 9.38. The number of aryl methyl sites for hydroxylation is 4. The predicted octanol–water partition coefficient (Wildman–Crippen LogP) is 8.41. The van der Waals surface area contributed by atoms with Gasteiger partial charge in [-0.05, 0) is 109 Å². The molecule has 4 heteroatoms. The lowest BCUT2D eigenvalue weighted by Gasteiger charge is -2.33. The summed E-state index contributed by atoms with van der Waals surface area (Å²) in [6.45, 7) is 8.91. The Bertz CT molecular complexity index is 2190. The first-order valence-corrected chi connectivity index (χ1v) is 15.3. The van der Waals surface area contributed by atoms with Crippen LogP contribution < -0.4 is 25.9 Å². The van der Waals surface area contributed by atoms with Crippen molar-refractivity contribution in [2.75, 3.05) is 0 Å². The minimum absolute atomic E-state index is 0.0837. The summed E-state index contributed by atoms with van der Waals surface area (Å²) in [5.41, 5.74) is 14.5. The fraction of sp³-hybridized carbons (Fsp3) is 0.100. The molecule has 0 aliphatic carbocycles. The molecule has 0 amide bonds. The molecule has 0 N–H and O–H groups in total. The maximum Gasteiger partial charge on any atom is 0.260 e. The van der Waals surface area contributed by atoms with Gasteiger partial charge in [0.1, 0.15) is 23.0 Å². The van der Waals surface area contributed by atoms with Crippen LogP contribution in [0.2, 0.25) is 0 Å². The molecule has 2 aliphatic rings. The Labute approximate surface area is 257 Å². The largest absolute Gasteiger partial charge is 0.458 e. The van der Waals surface area contributed by atoms with Gasteiger partial charge in [0.25, 0.3) is 6.71 Å². The topological polar surface area (TPSA) is 23.4 Å². The molecular weight excluding hydrogens is 537 g/mol. The highest BCUT2D eigenvalue weighted by Crippen LogP contribution is 2.40. The van der Waals surface area contributed by atoms with Crippen molar-refractivity contribution in [2.24, 2.45) is 0 Å². The van der Waals surface area contributed by atoms with Gasteiger partial charge in [-0.25, -0.2) is 0 Å². The lowest BCUT2D eigenvalue weighted by atomic mass is 9.35.